The highest BCUT2D eigenvalue weighted by Crippen LogP contribution is 2.21. The minimum Gasteiger partial charge on any atom is -0.478 e. The highest BCUT2D eigenvalue weighted by molar-refractivity contribution is 7.08. The first kappa shape index (κ1) is 10.0. The molecule has 0 fully saturated rings. The summed E-state index contributed by atoms with van der Waals surface area (Å²) in [5.41, 5.74) is 2.87. The molecular weight excluding hydrogens is 236 g/mol. The van der Waals surface area contributed by atoms with Crippen LogP contribution in [0.5, 0.6) is 0 Å². The molecule has 0 radical (unpaired) electrons. The summed E-state index contributed by atoms with van der Waals surface area (Å²) in [5.74, 6) is -0.926. The van der Waals surface area contributed by atoms with Gasteiger partial charge in [0, 0.05) is 5.38 Å². The smallest absolute Gasteiger partial charge is 0.335 e. The second kappa shape index (κ2) is 3.71. The van der Waals surface area contributed by atoms with Gasteiger partial charge in [0.2, 0.25) is 0 Å². The molecule has 2 aromatic heterocycles. The predicted octanol–water partition coefficient (Wildman–Crippen LogP) is 2.79. The van der Waals surface area contributed by atoms with E-state index in [0.29, 0.717) is 0 Å². The van der Waals surface area contributed by atoms with E-state index in [9.17, 15) is 4.79 Å². The summed E-state index contributed by atoms with van der Waals surface area (Å²) in [4.78, 5) is 15.2. The molecule has 0 atom stereocenters. The number of hydrogen-bond donors (Lipinski definition) is 1. The monoisotopic (exact) mass is 244 g/mol. The standard InChI is InChI=1S/C12H8N2O2S/c15-12(16)8-1-2-10-11(5-8)14(7-13-10)9-3-4-17-6-9/h1-7H,(H,15,16). The van der Waals surface area contributed by atoms with Crippen molar-refractivity contribution in [3.63, 3.8) is 0 Å². The normalized spacial score (nSPS) is 10.8. The summed E-state index contributed by atoms with van der Waals surface area (Å²) >= 11 is 1.59. The van der Waals surface area contributed by atoms with Crippen molar-refractivity contribution in [3.8, 4) is 5.69 Å². The summed E-state index contributed by atoms with van der Waals surface area (Å²) in [6.45, 7) is 0. The maximum atomic E-state index is 10.9. The molecule has 84 valence electrons. The van der Waals surface area contributed by atoms with Crippen molar-refractivity contribution < 1.29 is 9.90 Å². The quantitative estimate of drug-likeness (QED) is 0.754. The largest absolute Gasteiger partial charge is 0.478 e. The Balaban J connectivity index is 2.26. The Kier molecular flexibility index (Phi) is 2.19. The lowest BCUT2D eigenvalue weighted by Gasteiger charge is -2.01. The van der Waals surface area contributed by atoms with Crippen LogP contribution in [0.15, 0.2) is 41.4 Å². The molecular formula is C12H8N2O2S. The molecule has 0 unspecified atom stereocenters. The lowest BCUT2D eigenvalue weighted by Crippen LogP contribution is -1.96. The Morgan fingerprint density at radius 3 is 2.94 bits per heavy atom. The zero-order valence-corrected chi connectivity index (χ0v) is 9.52. The predicted molar refractivity (Wildman–Crippen MR) is 65.9 cm³/mol. The molecule has 1 aromatic carbocycles. The van der Waals surface area contributed by atoms with E-state index in [1.165, 1.54) is 0 Å². The lowest BCUT2D eigenvalue weighted by atomic mass is 10.2. The van der Waals surface area contributed by atoms with E-state index in [1.54, 1.807) is 35.9 Å². The number of aromatic nitrogens is 2. The Hall–Kier alpha value is -2.14. The summed E-state index contributed by atoms with van der Waals surface area (Å²) < 4.78 is 1.89. The second-order valence-corrected chi connectivity index (χ2v) is 4.38. The van der Waals surface area contributed by atoms with E-state index in [4.69, 9.17) is 5.11 Å². The van der Waals surface area contributed by atoms with Crippen LogP contribution < -0.4 is 0 Å². The zero-order chi connectivity index (χ0) is 11.8. The first-order chi connectivity index (χ1) is 8.25. The topological polar surface area (TPSA) is 55.1 Å². The van der Waals surface area contributed by atoms with Crippen LogP contribution in [0.25, 0.3) is 16.7 Å². The Bertz CT molecular complexity index is 686. The van der Waals surface area contributed by atoms with E-state index in [0.717, 1.165) is 16.7 Å². The van der Waals surface area contributed by atoms with Crippen LogP contribution in [0, 0.1) is 0 Å². The maximum absolute atomic E-state index is 10.9. The van der Waals surface area contributed by atoms with Crippen molar-refractivity contribution in [1.82, 2.24) is 9.55 Å². The number of imidazole rings is 1. The summed E-state index contributed by atoms with van der Waals surface area (Å²) in [5, 5.41) is 12.9. The lowest BCUT2D eigenvalue weighted by molar-refractivity contribution is 0.0697. The van der Waals surface area contributed by atoms with Crippen LogP contribution in [0.1, 0.15) is 10.4 Å². The Labute approximate surface area is 101 Å². The van der Waals surface area contributed by atoms with Crippen LogP contribution in [0.4, 0.5) is 0 Å². The van der Waals surface area contributed by atoms with Crippen molar-refractivity contribution in [2.75, 3.05) is 0 Å². The molecule has 3 rings (SSSR count). The zero-order valence-electron chi connectivity index (χ0n) is 8.70. The SMILES string of the molecule is O=C(O)c1ccc2ncn(-c3ccsc3)c2c1. The van der Waals surface area contributed by atoms with Crippen molar-refractivity contribution in [3.05, 3.63) is 46.9 Å². The first-order valence-electron chi connectivity index (χ1n) is 4.99. The molecule has 17 heavy (non-hydrogen) atoms. The number of rotatable bonds is 2. The molecule has 0 bridgehead atoms. The van der Waals surface area contributed by atoms with Gasteiger partial charge in [-0.25, -0.2) is 9.78 Å². The van der Waals surface area contributed by atoms with Gasteiger partial charge in [-0.3, -0.25) is 4.57 Å². The molecule has 0 aliphatic rings. The Morgan fingerprint density at radius 1 is 1.35 bits per heavy atom. The molecule has 0 saturated carbocycles. The first-order valence-corrected chi connectivity index (χ1v) is 5.93. The number of benzene rings is 1. The van der Waals surface area contributed by atoms with Crippen LogP contribution in [-0.4, -0.2) is 20.6 Å². The Morgan fingerprint density at radius 2 is 2.24 bits per heavy atom. The average Bonchev–Trinajstić information content (AvgIpc) is 2.96. The van der Waals surface area contributed by atoms with Gasteiger partial charge in [-0.1, -0.05) is 0 Å². The number of hydrogen-bond acceptors (Lipinski definition) is 3. The molecule has 1 N–H and O–H groups in total. The number of carbonyl (C=O) groups is 1. The number of aromatic carboxylic acids is 1. The highest BCUT2D eigenvalue weighted by Gasteiger charge is 2.09. The van der Waals surface area contributed by atoms with E-state index in [-0.39, 0.29) is 5.56 Å². The van der Waals surface area contributed by atoms with Gasteiger partial charge in [0.25, 0.3) is 0 Å². The van der Waals surface area contributed by atoms with Crippen molar-refractivity contribution >= 4 is 28.3 Å². The molecule has 2 heterocycles. The van der Waals surface area contributed by atoms with Gasteiger partial charge >= 0.3 is 5.97 Å². The van der Waals surface area contributed by atoms with E-state index in [1.807, 2.05) is 21.4 Å². The summed E-state index contributed by atoms with van der Waals surface area (Å²) in [6, 6.07) is 6.90. The van der Waals surface area contributed by atoms with Gasteiger partial charge in [0.05, 0.1) is 22.3 Å². The average molecular weight is 244 g/mol. The number of nitrogens with zero attached hydrogens (tertiary/aromatic N) is 2. The number of fused-ring (bicyclic) bond motifs is 1. The maximum Gasteiger partial charge on any atom is 0.335 e. The fraction of sp³-hybridized carbons (Fsp3) is 0. The fourth-order valence-corrected chi connectivity index (χ4v) is 2.37. The van der Waals surface area contributed by atoms with Gasteiger partial charge in [-0.2, -0.15) is 11.3 Å². The van der Waals surface area contributed by atoms with Crippen molar-refractivity contribution in [2.45, 2.75) is 0 Å². The van der Waals surface area contributed by atoms with Crippen molar-refractivity contribution in [1.29, 1.82) is 0 Å². The van der Waals surface area contributed by atoms with E-state index < -0.39 is 5.97 Å². The molecule has 0 aliphatic heterocycles. The highest BCUT2D eigenvalue weighted by atomic mass is 32.1. The van der Waals surface area contributed by atoms with E-state index >= 15 is 0 Å². The third-order valence-corrected chi connectivity index (χ3v) is 3.25. The molecule has 4 nitrogen and oxygen atoms in total. The van der Waals surface area contributed by atoms with Crippen LogP contribution >= 0.6 is 11.3 Å². The minimum atomic E-state index is -0.926. The second-order valence-electron chi connectivity index (χ2n) is 3.60. The molecule has 0 aliphatic carbocycles. The van der Waals surface area contributed by atoms with Gasteiger partial charge in [0.15, 0.2) is 0 Å². The van der Waals surface area contributed by atoms with Crippen LogP contribution in [0.2, 0.25) is 0 Å². The molecule has 5 heteroatoms. The molecule has 3 aromatic rings. The minimum absolute atomic E-state index is 0.273. The fourth-order valence-electron chi connectivity index (χ4n) is 1.74. The van der Waals surface area contributed by atoms with E-state index in [2.05, 4.69) is 4.98 Å². The van der Waals surface area contributed by atoms with Gasteiger partial charge in [-0.15, -0.1) is 0 Å². The third kappa shape index (κ3) is 1.60. The van der Waals surface area contributed by atoms with Crippen molar-refractivity contribution in [2.24, 2.45) is 0 Å². The number of thiophene rings is 1. The van der Waals surface area contributed by atoms with Gasteiger partial charge in [0.1, 0.15) is 6.33 Å². The summed E-state index contributed by atoms with van der Waals surface area (Å²) in [7, 11) is 0. The number of carboxylic acids is 1. The van der Waals surface area contributed by atoms with Gasteiger partial charge in [-0.05, 0) is 29.6 Å². The summed E-state index contributed by atoms with van der Waals surface area (Å²) in [6.07, 6.45) is 1.71. The van der Waals surface area contributed by atoms with Crippen LogP contribution in [-0.2, 0) is 0 Å². The number of carboxylic acid groups (broad SMARTS) is 1. The van der Waals surface area contributed by atoms with Crippen LogP contribution in [0.3, 0.4) is 0 Å². The third-order valence-electron chi connectivity index (χ3n) is 2.58. The molecule has 0 spiro atoms. The molecule has 0 saturated heterocycles. The van der Waals surface area contributed by atoms with Gasteiger partial charge < -0.3 is 5.11 Å². The molecule has 0 amide bonds.